The number of fused-ring (bicyclic) bond motifs is 1. The van der Waals surface area contributed by atoms with E-state index in [4.69, 9.17) is 11.6 Å². The molecule has 0 unspecified atom stereocenters. The zero-order valence-electron chi connectivity index (χ0n) is 13.5. The highest BCUT2D eigenvalue weighted by Gasteiger charge is 2.24. The first-order valence-corrected chi connectivity index (χ1v) is 9.66. The van der Waals surface area contributed by atoms with Crippen molar-refractivity contribution in [2.45, 2.75) is 9.92 Å². The van der Waals surface area contributed by atoms with Crippen LogP contribution in [-0.2, 0) is 0 Å². The monoisotopic (exact) mass is 415 g/mol. The second-order valence-corrected chi connectivity index (χ2v) is 7.83. The van der Waals surface area contributed by atoms with Crippen molar-refractivity contribution in [3.8, 4) is 0 Å². The molecule has 4 rings (SSSR count). The summed E-state index contributed by atoms with van der Waals surface area (Å²) in [4.78, 5) is 24.5. The molecular weight excluding hydrogens is 406 g/mol. The van der Waals surface area contributed by atoms with Crippen molar-refractivity contribution in [3.05, 3.63) is 70.0 Å². The number of rotatable bonds is 5. The number of hydrogen-bond acceptors (Lipinski definition) is 8. The molecule has 2 heterocycles. The maximum Gasteiger partial charge on any atom is 0.344 e. The molecule has 1 N–H and O–H groups in total. The third-order valence-electron chi connectivity index (χ3n) is 3.52. The largest absolute Gasteiger partial charge is 0.344 e. The van der Waals surface area contributed by atoms with Crippen molar-refractivity contribution in [1.82, 2.24) is 15.0 Å². The van der Waals surface area contributed by atoms with Crippen LogP contribution in [0, 0.1) is 10.1 Å². The lowest BCUT2D eigenvalue weighted by molar-refractivity contribution is -0.387. The molecule has 4 aromatic rings. The predicted octanol–water partition coefficient (Wildman–Crippen LogP) is 5.54. The summed E-state index contributed by atoms with van der Waals surface area (Å²) in [6.45, 7) is 0. The van der Waals surface area contributed by atoms with E-state index in [1.807, 2.05) is 24.3 Å². The zero-order chi connectivity index (χ0) is 18.8. The topological polar surface area (TPSA) is 93.8 Å². The summed E-state index contributed by atoms with van der Waals surface area (Å²) in [5.74, 6) is 0.102. The van der Waals surface area contributed by atoms with Gasteiger partial charge in [0.15, 0.2) is 10.2 Å². The molecule has 0 aliphatic rings. The minimum Gasteiger partial charge on any atom is -0.310 e. The van der Waals surface area contributed by atoms with E-state index < -0.39 is 4.92 Å². The number of thiazole rings is 1. The predicted molar refractivity (Wildman–Crippen MR) is 107 cm³/mol. The molecule has 0 fully saturated rings. The van der Waals surface area contributed by atoms with Gasteiger partial charge in [-0.1, -0.05) is 46.8 Å². The lowest BCUT2D eigenvalue weighted by atomic mass is 10.3. The van der Waals surface area contributed by atoms with Crippen LogP contribution in [0.3, 0.4) is 0 Å². The third kappa shape index (κ3) is 3.85. The van der Waals surface area contributed by atoms with Gasteiger partial charge in [-0.25, -0.2) is 15.0 Å². The van der Waals surface area contributed by atoms with Gasteiger partial charge in [0.25, 0.3) is 0 Å². The Kier molecular flexibility index (Phi) is 4.88. The van der Waals surface area contributed by atoms with Crippen molar-refractivity contribution in [3.63, 3.8) is 0 Å². The summed E-state index contributed by atoms with van der Waals surface area (Å²) in [6, 6.07) is 14.6. The fraction of sp³-hybridized carbons (Fsp3) is 0. The Labute approximate surface area is 166 Å². The summed E-state index contributed by atoms with van der Waals surface area (Å²) in [5.41, 5.74) is 0.620. The summed E-state index contributed by atoms with van der Waals surface area (Å²) in [7, 11) is 0. The minimum absolute atomic E-state index is 0.102. The minimum atomic E-state index is -0.492. The Balaban J connectivity index is 1.69. The first-order valence-electron chi connectivity index (χ1n) is 7.65. The van der Waals surface area contributed by atoms with Crippen molar-refractivity contribution < 1.29 is 4.92 Å². The second kappa shape index (κ2) is 7.47. The summed E-state index contributed by atoms with van der Waals surface area (Å²) in [6.07, 6.45) is 1.29. The fourth-order valence-corrected chi connectivity index (χ4v) is 4.19. The van der Waals surface area contributed by atoms with E-state index >= 15 is 0 Å². The van der Waals surface area contributed by atoms with Crippen molar-refractivity contribution >= 4 is 61.6 Å². The van der Waals surface area contributed by atoms with Gasteiger partial charge in [-0.3, -0.25) is 10.1 Å². The van der Waals surface area contributed by atoms with E-state index in [1.54, 1.807) is 24.3 Å². The molecule has 0 aliphatic carbocycles. The lowest BCUT2D eigenvalue weighted by Gasteiger charge is -2.06. The zero-order valence-corrected chi connectivity index (χ0v) is 15.9. The van der Waals surface area contributed by atoms with Crippen LogP contribution in [0.15, 0.2) is 64.8 Å². The average Bonchev–Trinajstić information content (AvgIpc) is 3.06. The van der Waals surface area contributed by atoms with Gasteiger partial charge in [0.2, 0.25) is 5.82 Å². The van der Waals surface area contributed by atoms with Gasteiger partial charge in [0.1, 0.15) is 6.33 Å². The number of anilines is 2. The lowest BCUT2D eigenvalue weighted by Crippen LogP contribution is -2.02. The molecule has 2 aromatic heterocycles. The highest BCUT2D eigenvalue weighted by molar-refractivity contribution is 7.99. The summed E-state index contributed by atoms with van der Waals surface area (Å²) in [5, 5.41) is 16.0. The van der Waals surface area contributed by atoms with Crippen molar-refractivity contribution in [1.29, 1.82) is 0 Å². The molecule has 2 aromatic carbocycles. The number of nitrogens with zero attached hydrogens (tertiary/aromatic N) is 4. The molecule has 7 nitrogen and oxygen atoms in total. The molecule has 0 aliphatic heterocycles. The molecule has 0 spiro atoms. The van der Waals surface area contributed by atoms with E-state index in [0.29, 0.717) is 10.2 Å². The summed E-state index contributed by atoms with van der Waals surface area (Å²) < 4.78 is 0.979. The number of hydrogen-bond donors (Lipinski definition) is 1. The normalized spacial score (nSPS) is 10.9. The number of benzene rings is 2. The van der Waals surface area contributed by atoms with Gasteiger partial charge >= 0.3 is 5.69 Å². The highest BCUT2D eigenvalue weighted by atomic mass is 35.5. The van der Waals surface area contributed by atoms with Crippen LogP contribution in [0.2, 0.25) is 5.02 Å². The van der Waals surface area contributed by atoms with Crippen LogP contribution in [0.25, 0.3) is 10.2 Å². The molecule has 0 atom stereocenters. The van der Waals surface area contributed by atoms with E-state index in [-0.39, 0.29) is 16.5 Å². The summed E-state index contributed by atoms with van der Waals surface area (Å²) >= 11 is 8.46. The molecule has 0 radical (unpaired) electrons. The van der Waals surface area contributed by atoms with Crippen LogP contribution >= 0.6 is 34.7 Å². The number of nitro groups is 1. The van der Waals surface area contributed by atoms with Crippen LogP contribution in [0.1, 0.15) is 0 Å². The Hall–Kier alpha value is -2.75. The molecule has 0 amide bonds. The van der Waals surface area contributed by atoms with E-state index in [2.05, 4.69) is 20.3 Å². The number of aromatic nitrogens is 3. The Bertz CT molecular complexity index is 1100. The molecule has 10 heteroatoms. The van der Waals surface area contributed by atoms with Gasteiger partial charge in [-0.15, -0.1) is 0 Å². The molecule has 0 saturated carbocycles. The van der Waals surface area contributed by atoms with E-state index in [0.717, 1.165) is 15.1 Å². The maximum absolute atomic E-state index is 11.7. The molecule has 0 bridgehead atoms. The molecular formula is C17H10ClN5O2S2. The first kappa shape index (κ1) is 17.7. The first-order chi connectivity index (χ1) is 13.1. The van der Waals surface area contributed by atoms with Gasteiger partial charge in [-0.2, -0.15) is 0 Å². The second-order valence-electron chi connectivity index (χ2n) is 5.30. The Morgan fingerprint density at radius 1 is 1.11 bits per heavy atom. The SMILES string of the molecule is O=[N+]([O-])c1c(Nc2nc3ccccc3s2)ncnc1Sc1ccc(Cl)cc1. The van der Waals surface area contributed by atoms with E-state index in [9.17, 15) is 10.1 Å². The number of halogens is 1. The molecule has 0 saturated heterocycles. The Morgan fingerprint density at radius 2 is 1.89 bits per heavy atom. The van der Waals surface area contributed by atoms with Crippen LogP contribution < -0.4 is 5.32 Å². The molecule has 27 heavy (non-hydrogen) atoms. The van der Waals surface area contributed by atoms with Gasteiger partial charge < -0.3 is 5.32 Å². The smallest absolute Gasteiger partial charge is 0.310 e. The van der Waals surface area contributed by atoms with Gasteiger partial charge in [0, 0.05) is 9.92 Å². The van der Waals surface area contributed by atoms with Gasteiger partial charge in [-0.05, 0) is 36.4 Å². The Morgan fingerprint density at radius 3 is 2.63 bits per heavy atom. The average molecular weight is 416 g/mol. The van der Waals surface area contributed by atoms with Crippen LogP contribution in [0.5, 0.6) is 0 Å². The van der Waals surface area contributed by atoms with Crippen LogP contribution in [0.4, 0.5) is 16.6 Å². The van der Waals surface area contributed by atoms with E-state index in [1.165, 1.54) is 29.4 Å². The molecule has 134 valence electrons. The van der Waals surface area contributed by atoms with Gasteiger partial charge in [0.05, 0.1) is 15.1 Å². The highest BCUT2D eigenvalue weighted by Crippen LogP contribution is 2.38. The standard InChI is InChI=1S/C17H10ClN5O2S2/c18-10-5-7-11(8-6-10)26-16-14(23(24)25)15(19-9-20-16)22-17-21-12-3-1-2-4-13(12)27-17/h1-9H,(H,19,20,21,22). The van der Waals surface area contributed by atoms with Crippen molar-refractivity contribution in [2.75, 3.05) is 5.32 Å². The van der Waals surface area contributed by atoms with Crippen molar-refractivity contribution in [2.24, 2.45) is 0 Å². The quantitative estimate of drug-likeness (QED) is 0.259. The number of para-hydroxylation sites is 1. The number of nitrogens with one attached hydrogen (secondary N) is 1. The van der Waals surface area contributed by atoms with Crippen LogP contribution in [-0.4, -0.2) is 19.9 Å². The third-order valence-corrected chi connectivity index (χ3v) is 5.72. The fourth-order valence-electron chi connectivity index (χ4n) is 2.33. The maximum atomic E-state index is 11.7.